The second-order valence-electron chi connectivity index (χ2n) is 8.64. The van der Waals surface area contributed by atoms with Gasteiger partial charge in [0.15, 0.2) is 12.4 Å². The van der Waals surface area contributed by atoms with E-state index in [9.17, 15) is 9.59 Å². The van der Waals surface area contributed by atoms with Crippen LogP contribution in [0, 0.1) is 6.92 Å². The first-order chi connectivity index (χ1) is 20.0. The lowest BCUT2D eigenvalue weighted by molar-refractivity contribution is -0.123. The SMILES string of the molecule is C/C=N\OCc1ccc(OCC(=O)NCCOCCOCCC(=O)NCc2ccc(-c3nnc(C)nn3)cc2)cc1. The predicted molar refractivity (Wildman–Crippen MR) is 150 cm³/mol. The molecule has 0 aliphatic heterocycles. The van der Waals surface area contributed by atoms with E-state index in [-0.39, 0.29) is 31.4 Å². The van der Waals surface area contributed by atoms with E-state index < -0.39 is 0 Å². The van der Waals surface area contributed by atoms with Crippen LogP contribution in [-0.2, 0) is 37.1 Å². The number of ether oxygens (including phenoxy) is 3. The molecule has 1 heterocycles. The minimum absolute atomic E-state index is 0.0930. The molecule has 0 bridgehead atoms. The lowest BCUT2D eigenvalue weighted by Gasteiger charge is -2.09. The van der Waals surface area contributed by atoms with Crippen molar-refractivity contribution in [2.24, 2.45) is 5.16 Å². The monoisotopic (exact) mass is 565 g/mol. The second-order valence-corrected chi connectivity index (χ2v) is 8.64. The average molecular weight is 566 g/mol. The van der Waals surface area contributed by atoms with E-state index in [1.54, 1.807) is 32.2 Å². The number of amides is 2. The quantitative estimate of drug-likeness (QED) is 0.133. The van der Waals surface area contributed by atoms with Crippen LogP contribution in [0.25, 0.3) is 11.4 Å². The molecule has 41 heavy (non-hydrogen) atoms. The van der Waals surface area contributed by atoms with Gasteiger partial charge in [0.1, 0.15) is 12.4 Å². The molecule has 0 aliphatic carbocycles. The fourth-order valence-electron chi connectivity index (χ4n) is 3.27. The molecule has 2 N–H and O–H groups in total. The Morgan fingerprint density at radius 2 is 1.51 bits per heavy atom. The topological polar surface area (TPSA) is 159 Å². The molecule has 1 aromatic heterocycles. The number of benzene rings is 2. The van der Waals surface area contributed by atoms with Crippen molar-refractivity contribution in [1.29, 1.82) is 0 Å². The van der Waals surface area contributed by atoms with Crippen LogP contribution in [0.2, 0.25) is 0 Å². The van der Waals surface area contributed by atoms with Crippen molar-refractivity contribution in [2.75, 3.05) is 39.6 Å². The van der Waals surface area contributed by atoms with E-state index in [0.29, 0.717) is 56.9 Å². The van der Waals surface area contributed by atoms with Crippen molar-refractivity contribution in [1.82, 2.24) is 31.0 Å². The van der Waals surface area contributed by atoms with Gasteiger partial charge in [-0.3, -0.25) is 9.59 Å². The van der Waals surface area contributed by atoms with Crippen LogP contribution < -0.4 is 15.4 Å². The smallest absolute Gasteiger partial charge is 0.258 e. The maximum Gasteiger partial charge on any atom is 0.258 e. The Balaban J connectivity index is 1.15. The largest absolute Gasteiger partial charge is 0.484 e. The second kappa shape index (κ2) is 18.0. The van der Waals surface area contributed by atoms with Gasteiger partial charge in [-0.1, -0.05) is 41.6 Å². The number of nitrogens with zero attached hydrogens (tertiary/aromatic N) is 5. The minimum Gasteiger partial charge on any atom is -0.484 e. The summed E-state index contributed by atoms with van der Waals surface area (Å²) in [7, 11) is 0. The molecule has 0 saturated carbocycles. The molecular formula is C28H35N7O6. The highest BCUT2D eigenvalue weighted by atomic mass is 16.6. The third-order valence-electron chi connectivity index (χ3n) is 5.40. The first-order valence-corrected chi connectivity index (χ1v) is 13.2. The summed E-state index contributed by atoms with van der Waals surface area (Å²) in [6.45, 7) is 5.86. The van der Waals surface area contributed by atoms with E-state index in [0.717, 1.165) is 16.7 Å². The number of aryl methyl sites for hydroxylation is 1. The summed E-state index contributed by atoms with van der Waals surface area (Å²) in [6.07, 6.45) is 1.81. The maximum absolute atomic E-state index is 12.1. The molecule has 0 atom stereocenters. The number of nitrogens with one attached hydrogen (secondary N) is 2. The first kappa shape index (κ1) is 31.0. The van der Waals surface area contributed by atoms with Gasteiger partial charge in [0.25, 0.3) is 5.91 Å². The molecule has 218 valence electrons. The summed E-state index contributed by atoms with van der Waals surface area (Å²) in [5, 5.41) is 25.1. The van der Waals surface area contributed by atoms with Gasteiger partial charge >= 0.3 is 0 Å². The third-order valence-corrected chi connectivity index (χ3v) is 5.40. The van der Waals surface area contributed by atoms with Crippen molar-refractivity contribution in [3.05, 3.63) is 65.5 Å². The number of rotatable bonds is 18. The van der Waals surface area contributed by atoms with Gasteiger partial charge in [-0.25, -0.2) is 0 Å². The molecule has 2 aromatic carbocycles. The highest BCUT2D eigenvalue weighted by molar-refractivity contribution is 5.77. The van der Waals surface area contributed by atoms with Gasteiger partial charge in [0, 0.05) is 31.3 Å². The summed E-state index contributed by atoms with van der Waals surface area (Å²) in [5.74, 6) is 1.19. The molecule has 0 saturated heterocycles. The van der Waals surface area contributed by atoms with Crippen molar-refractivity contribution in [3.63, 3.8) is 0 Å². The van der Waals surface area contributed by atoms with Crippen molar-refractivity contribution < 1.29 is 28.6 Å². The number of carbonyl (C=O) groups excluding carboxylic acids is 2. The molecule has 0 fully saturated rings. The van der Waals surface area contributed by atoms with Gasteiger partial charge in [-0.15, -0.1) is 20.4 Å². The lowest BCUT2D eigenvalue weighted by Crippen LogP contribution is -2.31. The molecule has 0 aliphatic rings. The molecule has 3 rings (SSSR count). The lowest BCUT2D eigenvalue weighted by atomic mass is 10.1. The van der Waals surface area contributed by atoms with Gasteiger partial charge in [0.05, 0.1) is 26.4 Å². The highest BCUT2D eigenvalue weighted by Crippen LogP contribution is 2.14. The average Bonchev–Trinajstić information content (AvgIpc) is 2.99. The van der Waals surface area contributed by atoms with Crippen molar-refractivity contribution >= 4 is 18.0 Å². The molecule has 13 heteroatoms. The Morgan fingerprint density at radius 3 is 2.22 bits per heavy atom. The Labute approximate surface area is 238 Å². The van der Waals surface area contributed by atoms with E-state index in [2.05, 4.69) is 36.2 Å². The number of oxime groups is 1. The van der Waals surface area contributed by atoms with Crippen LogP contribution in [0.3, 0.4) is 0 Å². The molecule has 0 radical (unpaired) electrons. The Hall–Kier alpha value is -4.49. The van der Waals surface area contributed by atoms with Crippen LogP contribution in [0.5, 0.6) is 5.75 Å². The Morgan fingerprint density at radius 1 is 0.829 bits per heavy atom. The Bertz CT molecular complexity index is 1220. The number of aromatic nitrogens is 4. The molecule has 3 aromatic rings. The van der Waals surface area contributed by atoms with E-state index in [4.69, 9.17) is 19.0 Å². The maximum atomic E-state index is 12.1. The van der Waals surface area contributed by atoms with Crippen LogP contribution in [-0.4, -0.2) is 78.0 Å². The van der Waals surface area contributed by atoms with Gasteiger partial charge in [0.2, 0.25) is 11.7 Å². The minimum atomic E-state index is -0.244. The fourth-order valence-corrected chi connectivity index (χ4v) is 3.27. The third kappa shape index (κ3) is 12.5. The fraction of sp³-hybridized carbons (Fsp3) is 0.393. The summed E-state index contributed by atoms with van der Waals surface area (Å²) in [4.78, 5) is 29.1. The molecule has 0 spiro atoms. The van der Waals surface area contributed by atoms with E-state index >= 15 is 0 Å². The molecular weight excluding hydrogens is 530 g/mol. The highest BCUT2D eigenvalue weighted by Gasteiger charge is 2.06. The van der Waals surface area contributed by atoms with Crippen LogP contribution >= 0.6 is 0 Å². The van der Waals surface area contributed by atoms with Crippen molar-refractivity contribution in [2.45, 2.75) is 33.4 Å². The normalized spacial score (nSPS) is 10.9. The van der Waals surface area contributed by atoms with Gasteiger partial charge in [-0.05, 0) is 37.1 Å². The van der Waals surface area contributed by atoms with E-state index in [1.807, 2.05) is 36.4 Å². The van der Waals surface area contributed by atoms with Crippen LogP contribution in [0.4, 0.5) is 0 Å². The first-order valence-electron chi connectivity index (χ1n) is 13.2. The van der Waals surface area contributed by atoms with Gasteiger partial charge < -0.3 is 29.7 Å². The summed E-state index contributed by atoms with van der Waals surface area (Å²) in [6, 6.07) is 14.7. The van der Waals surface area contributed by atoms with Gasteiger partial charge in [-0.2, -0.15) is 0 Å². The van der Waals surface area contributed by atoms with Crippen LogP contribution in [0.1, 0.15) is 30.3 Å². The number of hydrogen-bond acceptors (Lipinski definition) is 11. The summed E-state index contributed by atoms with van der Waals surface area (Å²) >= 11 is 0. The zero-order chi connectivity index (χ0) is 29.1. The number of carbonyl (C=O) groups is 2. The van der Waals surface area contributed by atoms with Crippen molar-refractivity contribution in [3.8, 4) is 17.1 Å². The molecule has 2 amide bonds. The zero-order valence-electron chi connectivity index (χ0n) is 23.2. The summed E-state index contributed by atoms with van der Waals surface area (Å²) in [5.41, 5.74) is 2.69. The standard InChI is InChI=1S/C28H35N7O6/c1-3-31-41-19-23-6-10-25(11-7-23)40-20-27(37)29-13-15-39-17-16-38-14-12-26(36)30-18-22-4-8-24(9-5-22)28-34-32-21(2)33-35-28/h3-11H,12-20H2,1-2H3,(H,29,37)(H,30,36)/b31-3-. The Kier molecular flexibility index (Phi) is 13.6. The summed E-state index contributed by atoms with van der Waals surface area (Å²) < 4.78 is 16.4. The number of hydrogen-bond donors (Lipinski definition) is 2. The predicted octanol–water partition coefficient (Wildman–Crippen LogP) is 2.00. The molecule has 0 unspecified atom stereocenters. The molecule has 13 nitrogen and oxygen atoms in total. The van der Waals surface area contributed by atoms with E-state index in [1.165, 1.54) is 0 Å². The zero-order valence-corrected chi connectivity index (χ0v) is 23.2. The van der Waals surface area contributed by atoms with Crippen LogP contribution in [0.15, 0.2) is 53.7 Å².